The summed E-state index contributed by atoms with van der Waals surface area (Å²) in [5.41, 5.74) is 7.23. The average Bonchev–Trinajstić information content (AvgIpc) is 2.89. The molecule has 2 aliphatic heterocycles. The normalized spacial score (nSPS) is 24.8. The molecule has 2 rings (SSSR count). The number of nitrogens with one attached hydrogen (secondary N) is 1. The second-order valence-corrected chi connectivity index (χ2v) is 5.09. The molecule has 0 bridgehead atoms. The Labute approximate surface area is 132 Å². The molecular formula is C13H25IN4O. The minimum Gasteiger partial charge on any atom is -0.376 e. The summed E-state index contributed by atoms with van der Waals surface area (Å²) in [7, 11) is 2.13. The number of aliphatic imine (C=N–C) groups is 1. The summed E-state index contributed by atoms with van der Waals surface area (Å²) in [6, 6.07) is 0. The largest absolute Gasteiger partial charge is 0.376 e. The summed E-state index contributed by atoms with van der Waals surface area (Å²) in [5.74, 6) is 0.533. The Kier molecular flexibility index (Phi) is 7.70. The van der Waals surface area contributed by atoms with E-state index in [9.17, 15) is 0 Å². The maximum absolute atomic E-state index is 5.84. The van der Waals surface area contributed by atoms with Crippen LogP contribution in [0, 0.1) is 0 Å². The fraction of sp³-hybridized carbons (Fsp3) is 0.769. The molecule has 1 fully saturated rings. The number of halogens is 1. The molecule has 3 N–H and O–H groups in total. The van der Waals surface area contributed by atoms with Crippen molar-refractivity contribution in [3.63, 3.8) is 0 Å². The highest BCUT2D eigenvalue weighted by atomic mass is 127. The van der Waals surface area contributed by atoms with Crippen molar-refractivity contribution in [2.75, 3.05) is 39.8 Å². The van der Waals surface area contributed by atoms with Gasteiger partial charge in [0.25, 0.3) is 0 Å². The van der Waals surface area contributed by atoms with Crippen molar-refractivity contribution in [1.82, 2.24) is 10.2 Å². The van der Waals surface area contributed by atoms with Crippen LogP contribution in [-0.2, 0) is 4.74 Å². The van der Waals surface area contributed by atoms with E-state index in [1.807, 2.05) is 0 Å². The van der Waals surface area contributed by atoms with Gasteiger partial charge in [-0.25, -0.2) is 4.99 Å². The van der Waals surface area contributed by atoms with E-state index in [1.165, 1.54) is 5.57 Å². The Morgan fingerprint density at radius 2 is 2.47 bits per heavy atom. The molecule has 0 aromatic carbocycles. The topological polar surface area (TPSA) is 62.9 Å². The minimum atomic E-state index is 0. The Hall–Kier alpha value is -0.340. The van der Waals surface area contributed by atoms with E-state index in [0.717, 1.165) is 52.0 Å². The van der Waals surface area contributed by atoms with Gasteiger partial charge in [-0.3, -0.25) is 0 Å². The third-order valence-corrected chi connectivity index (χ3v) is 3.49. The van der Waals surface area contributed by atoms with Crippen molar-refractivity contribution in [2.24, 2.45) is 10.7 Å². The zero-order valence-electron chi connectivity index (χ0n) is 11.6. The van der Waals surface area contributed by atoms with E-state index < -0.39 is 0 Å². The van der Waals surface area contributed by atoms with Gasteiger partial charge in [0.2, 0.25) is 0 Å². The Balaban J connectivity index is 0.00000180. The lowest BCUT2D eigenvalue weighted by molar-refractivity contribution is 0.114. The number of nitrogens with two attached hydrogens (primary N) is 1. The fourth-order valence-electron chi connectivity index (χ4n) is 2.22. The highest BCUT2D eigenvalue weighted by molar-refractivity contribution is 14.0. The van der Waals surface area contributed by atoms with E-state index in [2.05, 4.69) is 28.3 Å². The molecule has 6 heteroatoms. The Bertz CT molecular complexity index is 327. The van der Waals surface area contributed by atoms with Gasteiger partial charge in [-0.1, -0.05) is 11.6 Å². The van der Waals surface area contributed by atoms with Crippen LogP contribution in [0.15, 0.2) is 16.6 Å². The molecule has 19 heavy (non-hydrogen) atoms. The summed E-state index contributed by atoms with van der Waals surface area (Å²) in [6.45, 7) is 4.51. The van der Waals surface area contributed by atoms with Gasteiger partial charge in [0.15, 0.2) is 5.96 Å². The van der Waals surface area contributed by atoms with Gasteiger partial charge in [0, 0.05) is 26.2 Å². The lowest BCUT2D eigenvalue weighted by atomic mass is 10.1. The third kappa shape index (κ3) is 6.09. The van der Waals surface area contributed by atoms with Crippen molar-refractivity contribution in [1.29, 1.82) is 0 Å². The molecule has 0 aromatic heterocycles. The van der Waals surface area contributed by atoms with Gasteiger partial charge in [-0.05, 0) is 26.3 Å². The molecule has 1 unspecified atom stereocenters. The molecule has 2 heterocycles. The van der Waals surface area contributed by atoms with Crippen LogP contribution in [0.1, 0.15) is 19.3 Å². The van der Waals surface area contributed by atoms with Crippen LogP contribution < -0.4 is 11.1 Å². The molecule has 0 aliphatic carbocycles. The van der Waals surface area contributed by atoms with Crippen LogP contribution >= 0.6 is 24.0 Å². The van der Waals surface area contributed by atoms with Crippen LogP contribution in [-0.4, -0.2) is 56.8 Å². The zero-order chi connectivity index (χ0) is 12.8. The number of likely N-dealkylation sites (N-methyl/N-ethyl adjacent to an activating group) is 1. The molecule has 0 saturated carbocycles. The van der Waals surface area contributed by atoms with E-state index in [4.69, 9.17) is 10.5 Å². The minimum absolute atomic E-state index is 0. The molecule has 0 radical (unpaired) electrons. The molecule has 5 nitrogen and oxygen atoms in total. The highest BCUT2D eigenvalue weighted by Gasteiger charge is 2.15. The van der Waals surface area contributed by atoms with Crippen molar-refractivity contribution in [3.05, 3.63) is 11.6 Å². The highest BCUT2D eigenvalue weighted by Crippen LogP contribution is 2.11. The summed E-state index contributed by atoms with van der Waals surface area (Å²) in [5, 5.41) is 3.14. The summed E-state index contributed by atoms with van der Waals surface area (Å²) < 4.78 is 5.52. The molecule has 0 spiro atoms. The summed E-state index contributed by atoms with van der Waals surface area (Å²) >= 11 is 0. The lowest BCUT2D eigenvalue weighted by Gasteiger charge is -2.21. The number of nitrogens with zero attached hydrogens (tertiary/aromatic N) is 2. The second-order valence-electron chi connectivity index (χ2n) is 5.09. The van der Waals surface area contributed by atoms with E-state index >= 15 is 0 Å². The Morgan fingerprint density at radius 3 is 3.11 bits per heavy atom. The molecule has 1 atom stereocenters. The summed E-state index contributed by atoms with van der Waals surface area (Å²) in [6.07, 6.45) is 5.93. The molecule has 0 amide bonds. The van der Waals surface area contributed by atoms with Crippen molar-refractivity contribution in [3.8, 4) is 0 Å². The quantitative estimate of drug-likeness (QED) is 0.330. The summed E-state index contributed by atoms with van der Waals surface area (Å²) in [4.78, 5) is 6.67. The first-order valence-corrected chi connectivity index (χ1v) is 6.76. The maximum Gasteiger partial charge on any atom is 0.188 e. The number of guanidine groups is 1. The standard InChI is InChI=1S/C13H24N4O.HI/c1-17-6-4-11(5-7-17)9-15-13(14)16-10-12-3-2-8-18-12;/h4,12H,2-3,5-10H2,1H3,(H3,14,15,16);1H. The van der Waals surface area contributed by atoms with Crippen molar-refractivity contribution in [2.45, 2.75) is 25.4 Å². The first-order chi connectivity index (χ1) is 8.74. The van der Waals surface area contributed by atoms with E-state index in [0.29, 0.717) is 12.1 Å². The molecular weight excluding hydrogens is 355 g/mol. The number of ether oxygens (including phenoxy) is 1. The average molecular weight is 380 g/mol. The first-order valence-electron chi connectivity index (χ1n) is 6.76. The maximum atomic E-state index is 5.84. The van der Waals surface area contributed by atoms with Crippen LogP contribution in [0.4, 0.5) is 0 Å². The number of rotatable bonds is 4. The molecule has 0 aromatic rings. The molecule has 110 valence electrons. The van der Waals surface area contributed by atoms with Crippen LogP contribution in [0.5, 0.6) is 0 Å². The monoisotopic (exact) mass is 380 g/mol. The van der Waals surface area contributed by atoms with Gasteiger partial charge in [0.05, 0.1) is 12.6 Å². The van der Waals surface area contributed by atoms with Crippen LogP contribution in [0.25, 0.3) is 0 Å². The first kappa shape index (κ1) is 16.7. The van der Waals surface area contributed by atoms with Gasteiger partial charge in [0.1, 0.15) is 0 Å². The van der Waals surface area contributed by atoms with Gasteiger partial charge >= 0.3 is 0 Å². The van der Waals surface area contributed by atoms with Gasteiger partial charge in [-0.15, -0.1) is 24.0 Å². The zero-order valence-corrected chi connectivity index (χ0v) is 13.9. The number of hydrogen-bond acceptors (Lipinski definition) is 3. The molecule has 1 saturated heterocycles. The SMILES string of the molecule is CN1CC=C(CN=C(N)NCC2CCCO2)CC1.I. The molecule has 2 aliphatic rings. The van der Waals surface area contributed by atoms with E-state index in [-0.39, 0.29) is 24.0 Å². The van der Waals surface area contributed by atoms with Gasteiger partial charge in [-0.2, -0.15) is 0 Å². The van der Waals surface area contributed by atoms with Crippen molar-refractivity contribution < 1.29 is 4.74 Å². The fourth-order valence-corrected chi connectivity index (χ4v) is 2.22. The third-order valence-electron chi connectivity index (χ3n) is 3.49. The van der Waals surface area contributed by atoms with E-state index in [1.54, 1.807) is 0 Å². The van der Waals surface area contributed by atoms with Crippen LogP contribution in [0.2, 0.25) is 0 Å². The second kappa shape index (κ2) is 8.76. The van der Waals surface area contributed by atoms with Crippen LogP contribution in [0.3, 0.4) is 0 Å². The Morgan fingerprint density at radius 1 is 1.63 bits per heavy atom. The predicted octanol–water partition coefficient (Wildman–Crippen LogP) is 0.950. The number of hydrogen-bond donors (Lipinski definition) is 2. The lowest BCUT2D eigenvalue weighted by Crippen LogP contribution is -2.37. The predicted molar refractivity (Wildman–Crippen MR) is 89.1 cm³/mol. The van der Waals surface area contributed by atoms with Gasteiger partial charge < -0.3 is 20.7 Å². The smallest absolute Gasteiger partial charge is 0.188 e. The van der Waals surface area contributed by atoms with Crippen molar-refractivity contribution >= 4 is 29.9 Å².